The molecule has 4 rings (SSSR count). The molecule has 1 aliphatic heterocycles. The van der Waals surface area contributed by atoms with Gasteiger partial charge in [-0.25, -0.2) is 9.67 Å². The largest absolute Gasteiger partial charge is 0.461 e. The first kappa shape index (κ1) is 17.8. The van der Waals surface area contributed by atoms with Crippen molar-refractivity contribution in [3.05, 3.63) is 24.0 Å². The van der Waals surface area contributed by atoms with E-state index in [1.54, 1.807) is 6.07 Å². The van der Waals surface area contributed by atoms with Gasteiger partial charge in [-0.05, 0) is 46.2 Å². The summed E-state index contributed by atoms with van der Waals surface area (Å²) in [6.45, 7) is 6.88. The van der Waals surface area contributed by atoms with E-state index in [0.29, 0.717) is 5.39 Å². The topological polar surface area (TPSA) is 49.2 Å². The molecule has 140 valence electrons. The number of aromatic nitrogens is 3. The average Bonchev–Trinajstić information content (AvgIpc) is 3.16. The monoisotopic (exact) mass is 367 g/mol. The number of alkyl halides is 3. The predicted molar refractivity (Wildman–Crippen MR) is 90.8 cm³/mol. The third kappa shape index (κ3) is 3.01. The Morgan fingerprint density at radius 2 is 1.85 bits per heavy atom. The van der Waals surface area contributed by atoms with Gasteiger partial charge in [-0.1, -0.05) is 0 Å². The van der Waals surface area contributed by atoms with Gasteiger partial charge in [0.05, 0.1) is 17.4 Å². The number of halogens is 3. The third-order valence-corrected chi connectivity index (χ3v) is 5.68. The van der Waals surface area contributed by atoms with E-state index in [1.807, 2.05) is 33.8 Å². The molecule has 3 heterocycles. The van der Waals surface area contributed by atoms with Gasteiger partial charge in [-0.15, -0.1) is 0 Å². The Bertz CT molecular complexity index is 833. The van der Waals surface area contributed by atoms with E-state index in [2.05, 4.69) is 10.1 Å². The van der Waals surface area contributed by atoms with E-state index < -0.39 is 23.9 Å². The second kappa shape index (κ2) is 5.45. The highest BCUT2D eigenvalue weighted by Crippen LogP contribution is 2.58. The Morgan fingerprint density at radius 1 is 1.19 bits per heavy atom. The molecule has 0 bridgehead atoms. The molecular formula is C17H21BF3N3O2. The summed E-state index contributed by atoms with van der Waals surface area (Å²) in [5.74, 6) is 0.295. The fourth-order valence-corrected chi connectivity index (χ4v) is 3.38. The molecule has 0 amide bonds. The molecule has 0 aromatic carbocycles. The lowest BCUT2D eigenvalue weighted by atomic mass is 9.80. The minimum Gasteiger partial charge on any atom is -0.403 e. The maximum atomic E-state index is 12.7. The smallest absolute Gasteiger partial charge is 0.403 e. The molecule has 1 saturated carbocycles. The van der Waals surface area contributed by atoms with Crippen molar-refractivity contribution in [1.82, 2.24) is 14.8 Å². The van der Waals surface area contributed by atoms with Crippen LogP contribution in [0.1, 0.15) is 45.7 Å². The van der Waals surface area contributed by atoms with Gasteiger partial charge in [0.2, 0.25) is 0 Å². The van der Waals surface area contributed by atoms with Crippen molar-refractivity contribution < 1.29 is 22.5 Å². The highest BCUT2D eigenvalue weighted by Gasteiger charge is 2.60. The van der Waals surface area contributed by atoms with Crippen molar-refractivity contribution >= 4 is 18.2 Å². The number of pyridine rings is 1. The number of hydrogen-bond acceptors (Lipinski definition) is 4. The van der Waals surface area contributed by atoms with Crippen LogP contribution in [0.3, 0.4) is 0 Å². The first-order chi connectivity index (χ1) is 12.0. The van der Waals surface area contributed by atoms with Crippen LogP contribution in [0.5, 0.6) is 0 Å². The number of nitrogens with zero attached hydrogens (tertiary/aromatic N) is 3. The van der Waals surface area contributed by atoms with E-state index in [4.69, 9.17) is 9.31 Å². The summed E-state index contributed by atoms with van der Waals surface area (Å²) >= 11 is 0. The zero-order valence-electron chi connectivity index (χ0n) is 15.2. The van der Waals surface area contributed by atoms with Crippen LogP contribution >= 0.6 is 0 Å². The van der Waals surface area contributed by atoms with Crippen LogP contribution in [0, 0.1) is 0 Å². The van der Waals surface area contributed by atoms with Crippen LogP contribution in [0.2, 0.25) is 5.82 Å². The third-order valence-electron chi connectivity index (χ3n) is 5.68. The molecular weight excluding hydrogens is 346 g/mol. The van der Waals surface area contributed by atoms with Gasteiger partial charge >= 0.3 is 13.3 Å². The summed E-state index contributed by atoms with van der Waals surface area (Å²) in [6, 6.07) is 3.63. The normalized spacial score (nSPS) is 27.3. The fourth-order valence-electron chi connectivity index (χ4n) is 3.38. The Balaban J connectivity index is 1.55. The van der Waals surface area contributed by atoms with Gasteiger partial charge in [-0.2, -0.15) is 18.3 Å². The van der Waals surface area contributed by atoms with Crippen molar-refractivity contribution in [1.29, 1.82) is 0 Å². The minimum atomic E-state index is -4.33. The van der Waals surface area contributed by atoms with Crippen molar-refractivity contribution in [3.8, 4) is 0 Å². The summed E-state index contributed by atoms with van der Waals surface area (Å²) in [5.41, 5.74) is 0.238. The number of fused-ring (bicyclic) bond motifs is 1. The standard InChI is InChI=1S/C17H21BF3N3O2/c1-15(2)16(3,4)26-18(25-15)12-7-11(12)13-6-5-10-8-22-24(14(10)23-13)9-17(19,20)21/h5-6,8,11-12H,7,9H2,1-4H3/t11-,12?/m0/s1. The van der Waals surface area contributed by atoms with Gasteiger partial charge in [0.1, 0.15) is 6.54 Å². The Labute approximate surface area is 150 Å². The zero-order chi connectivity index (χ0) is 18.9. The first-order valence-electron chi connectivity index (χ1n) is 8.72. The van der Waals surface area contributed by atoms with Crippen molar-refractivity contribution in [2.75, 3.05) is 0 Å². The lowest BCUT2D eigenvalue weighted by Crippen LogP contribution is -2.41. The minimum absolute atomic E-state index is 0.128. The average molecular weight is 367 g/mol. The lowest BCUT2D eigenvalue weighted by Gasteiger charge is -2.32. The van der Waals surface area contributed by atoms with Crippen LogP contribution in [-0.4, -0.2) is 39.3 Å². The molecule has 1 unspecified atom stereocenters. The molecule has 2 aromatic heterocycles. The molecule has 2 atom stereocenters. The maximum Gasteiger partial charge on any atom is 0.461 e. The Hall–Kier alpha value is -1.61. The van der Waals surface area contributed by atoms with Crippen LogP contribution < -0.4 is 0 Å². The highest BCUT2D eigenvalue weighted by atomic mass is 19.4. The van der Waals surface area contributed by atoms with Crippen LogP contribution in [0.15, 0.2) is 18.3 Å². The van der Waals surface area contributed by atoms with E-state index in [0.717, 1.165) is 16.8 Å². The van der Waals surface area contributed by atoms with E-state index in [-0.39, 0.29) is 24.5 Å². The summed E-state index contributed by atoms with van der Waals surface area (Å²) in [5, 5.41) is 4.42. The molecule has 9 heteroatoms. The van der Waals surface area contributed by atoms with Crippen molar-refractivity contribution in [3.63, 3.8) is 0 Å². The van der Waals surface area contributed by atoms with Crippen molar-refractivity contribution in [2.45, 2.75) is 69.8 Å². The molecule has 26 heavy (non-hydrogen) atoms. The van der Waals surface area contributed by atoms with Gasteiger partial charge in [-0.3, -0.25) is 0 Å². The molecule has 2 aromatic rings. The van der Waals surface area contributed by atoms with E-state index in [9.17, 15) is 13.2 Å². The highest BCUT2D eigenvalue weighted by molar-refractivity contribution is 6.49. The van der Waals surface area contributed by atoms with E-state index in [1.165, 1.54) is 6.20 Å². The SMILES string of the molecule is CC1(C)OB(C2C[C@@H]2c2ccc3cnn(CC(F)(F)F)c3n2)OC1(C)C. The van der Waals surface area contributed by atoms with Crippen molar-refractivity contribution in [2.24, 2.45) is 0 Å². The van der Waals surface area contributed by atoms with Gasteiger partial charge in [0.25, 0.3) is 0 Å². The molecule has 0 spiro atoms. The summed E-state index contributed by atoms with van der Waals surface area (Å²) in [6.07, 6.45) is -2.07. The molecule has 2 aliphatic rings. The fraction of sp³-hybridized carbons (Fsp3) is 0.647. The number of rotatable bonds is 3. The van der Waals surface area contributed by atoms with E-state index >= 15 is 0 Å². The summed E-state index contributed by atoms with van der Waals surface area (Å²) in [7, 11) is -0.317. The summed E-state index contributed by atoms with van der Waals surface area (Å²) in [4.78, 5) is 4.47. The zero-order valence-corrected chi connectivity index (χ0v) is 15.2. The molecule has 0 N–H and O–H groups in total. The molecule has 1 saturated heterocycles. The first-order valence-corrected chi connectivity index (χ1v) is 8.72. The summed E-state index contributed by atoms with van der Waals surface area (Å²) < 4.78 is 51.2. The molecule has 5 nitrogen and oxygen atoms in total. The van der Waals surface area contributed by atoms with Gasteiger partial charge < -0.3 is 9.31 Å². The number of hydrogen-bond donors (Lipinski definition) is 0. The Morgan fingerprint density at radius 3 is 2.46 bits per heavy atom. The van der Waals surface area contributed by atoms with Gasteiger partial charge in [0.15, 0.2) is 5.65 Å². The Kier molecular flexibility index (Phi) is 3.73. The second-order valence-electron chi connectivity index (χ2n) is 8.20. The molecule has 2 fully saturated rings. The van der Waals surface area contributed by atoms with Crippen LogP contribution in [-0.2, 0) is 15.9 Å². The maximum absolute atomic E-state index is 12.7. The second-order valence-corrected chi connectivity index (χ2v) is 8.20. The van der Waals surface area contributed by atoms with Gasteiger partial charge in [0, 0.05) is 22.8 Å². The molecule has 1 aliphatic carbocycles. The molecule has 0 radical (unpaired) electrons. The predicted octanol–water partition coefficient (Wildman–Crippen LogP) is 3.94. The van der Waals surface area contributed by atoms with Crippen LogP contribution in [0.25, 0.3) is 11.0 Å². The lowest BCUT2D eigenvalue weighted by molar-refractivity contribution is -0.141. The quantitative estimate of drug-likeness (QED) is 0.771. The van der Waals surface area contributed by atoms with Crippen LogP contribution in [0.4, 0.5) is 13.2 Å².